The highest BCUT2D eigenvalue weighted by atomic mass is 16.1. The lowest BCUT2D eigenvalue weighted by Crippen LogP contribution is -2.34. The minimum absolute atomic E-state index is 0.0899. The van der Waals surface area contributed by atoms with Crippen LogP contribution in [-0.2, 0) is 12.6 Å². The molecule has 0 bridgehead atoms. The number of fused-ring (bicyclic) bond motifs is 1. The monoisotopic (exact) mass is 220 g/mol. The van der Waals surface area contributed by atoms with Crippen molar-refractivity contribution in [1.29, 1.82) is 0 Å². The van der Waals surface area contributed by atoms with Gasteiger partial charge in [-0.2, -0.15) is 0 Å². The Labute approximate surface area is 93.5 Å². The Morgan fingerprint density at radius 3 is 2.56 bits per heavy atom. The summed E-state index contributed by atoms with van der Waals surface area (Å²) in [5.41, 5.74) is 7.38. The van der Waals surface area contributed by atoms with Gasteiger partial charge in [0.05, 0.1) is 5.69 Å². The van der Waals surface area contributed by atoms with Gasteiger partial charge in [-0.3, -0.25) is 9.13 Å². The number of nitrogen functional groups attached to an aromatic ring is 1. The van der Waals surface area contributed by atoms with Crippen molar-refractivity contribution >= 4 is 16.9 Å². The summed E-state index contributed by atoms with van der Waals surface area (Å²) in [6, 6.07) is 1.70. The topological polar surface area (TPSA) is 65.8 Å². The summed E-state index contributed by atoms with van der Waals surface area (Å²) in [4.78, 5) is 16.4. The van der Waals surface area contributed by atoms with Gasteiger partial charge in [0.25, 0.3) is 0 Å². The Bertz CT molecular complexity index is 601. The quantitative estimate of drug-likeness (QED) is 0.722. The van der Waals surface area contributed by atoms with E-state index in [9.17, 15) is 4.79 Å². The summed E-state index contributed by atoms with van der Waals surface area (Å²) in [6.07, 6.45) is 1.62. The van der Waals surface area contributed by atoms with Gasteiger partial charge in [-0.15, -0.1) is 0 Å². The van der Waals surface area contributed by atoms with Gasteiger partial charge in [0.1, 0.15) is 5.52 Å². The second kappa shape index (κ2) is 3.10. The second-order valence-electron chi connectivity index (χ2n) is 4.92. The number of aromatic nitrogens is 3. The summed E-state index contributed by atoms with van der Waals surface area (Å²) in [5.74, 6) is 0. The lowest BCUT2D eigenvalue weighted by atomic mass is 10.1. The average molecular weight is 220 g/mol. The Morgan fingerprint density at radius 2 is 2.00 bits per heavy atom. The molecule has 5 heteroatoms. The third kappa shape index (κ3) is 1.31. The van der Waals surface area contributed by atoms with Crippen LogP contribution in [0.4, 0.5) is 5.69 Å². The molecular formula is C11H16N4O. The Kier molecular flexibility index (Phi) is 2.08. The first kappa shape index (κ1) is 10.7. The number of aryl methyl sites for hydroxylation is 1. The summed E-state index contributed by atoms with van der Waals surface area (Å²) >= 11 is 0. The zero-order valence-electron chi connectivity index (χ0n) is 9.98. The van der Waals surface area contributed by atoms with Gasteiger partial charge in [-0.25, -0.2) is 9.78 Å². The van der Waals surface area contributed by atoms with Crippen molar-refractivity contribution < 1.29 is 0 Å². The van der Waals surface area contributed by atoms with Crippen molar-refractivity contribution in [1.82, 2.24) is 14.1 Å². The summed E-state index contributed by atoms with van der Waals surface area (Å²) in [7, 11) is 1.71. The van der Waals surface area contributed by atoms with Crippen molar-refractivity contribution in [3.63, 3.8) is 0 Å². The first-order valence-corrected chi connectivity index (χ1v) is 5.16. The molecule has 0 amide bonds. The van der Waals surface area contributed by atoms with E-state index in [2.05, 4.69) is 4.98 Å². The number of nitrogens with two attached hydrogens (primary N) is 1. The maximum Gasteiger partial charge on any atom is 0.330 e. The lowest BCUT2D eigenvalue weighted by molar-refractivity contribution is 0.390. The van der Waals surface area contributed by atoms with Crippen LogP contribution in [0.5, 0.6) is 0 Å². The van der Waals surface area contributed by atoms with E-state index < -0.39 is 0 Å². The van der Waals surface area contributed by atoms with Gasteiger partial charge in [0.2, 0.25) is 0 Å². The summed E-state index contributed by atoms with van der Waals surface area (Å²) in [5, 5.41) is 0. The number of hydrogen-bond acceptors (Lipinski definition) is 3. The first-order valence-electron chi connectivity index (χ1n) is 5.16. The minimum Gasteiger partial charge on any atom is -0.397 e. The zero-order chi connectivity index (χ0) is 12.1. The number of pyridine rings is 1. The first-order chi connectivity index (χ1) is 7.34. The molecule has 0 spiro atoms. The van der Waals surface area contributed by atoms with Crippen LogP contribution in [-0.4, -0.2) is 14.1 Å². The van der Waals surface area contributed by atoms with Gasteiger partial charge in [0.15, 0.2) is 5.65 Å². The van der Waals surface area contributed by atoms with E-state index in [1.165, 1.54) is 0 Å². The van der Waals surface area contributed by atoms with Gasteiger partial charge < -0.3 is 5.73 Å². The fraction of sp³-hybridized carbons (Fsp3) is 0.455. The van der Waals surface area contributed by atoms with Crippen LogP contribution >= 0.6 is 0 Å². The zero-order valence-corrected chi connectivity index (χ0v) is 9.98. The van der Waals surface area contributed by atoms with Crippen LogP contribution in [0.2, 0.25) is 0 Å². The SMILES string of the molecule is Cn1c(=O)n(C(C)(C)C)c2nccc(N)c21. The van der Waals surface area contributed by atoms with E-state index in [1.807, 2.05) is 20.8 Å². The van der Waals surface area contributed by atoms with E-state index in [-0.39, 0.29) is 11.2 Å². The third-order valence-corrected chi connectivity index (χ3v) is 2.63. The predicted molar refractivity (Wildman–Crippen MR) is 64.4 cm³/mol. The van der Waals surface area contributed by atoms with Crippen LogP contribution in [0, 0.1) is 0 Å². The lowest BCUT2D eigenvalue weighted by Gasteiger charge is -2.19. The molecule has 0 fully saturated rings. The summed E-state index contributed by atoms with van der Waals surface area (Å²) in [6.45, 7) is 5.91. The second-order valence-corrected chi connectivity index (χ2v) is 4.92. The highest BCUT2D eigenvalue weighted by Gasteiger charge is 2.23. The molecule has 2 aromatic heterocycles. The molecule has 0 aliphatic heterocycles. The average Bonchev–Trinajstić information content (AvgIpc) is 2.39. The fourth-order valence-corrected chi connectivity index (χ4v) is 1.91. The highest BCUT2D eigenvalue weighted by molar-refractivity contribution is 5.84. The molecule has 0 radical (unpaired) electrons. The van der Waals surface area contributed by atoms with E-state index in [0.717, 1.165) is 0 Å². The molecular weight excluding hydrogens is 204 g/mol. The van der Waals surface area contributed by atoms with Crippen molar-refractivity contribution in [2.24, 2.45) is 7.05 Å². The van der Waals surface area contributed by atoms with E-state index in [0.29, 0.717) is 16.9 Å². The highest BCUT2D eigenvalue weighted by Crippen LogP contribution is 2.22. The molecule has 0 unspecified atom stereocenters. The van der Waals surface area contributed by atoms with Crippen LogP contribution in [0.15, 0.2) is 17.1 Å². The van der Waals surface area contributed by atoms with Gasteiger partial charge in [-0.05, 0) is 26.8 Å². The molecule has 2 N–H and O–H groups in total. The number of nitrogens with zero attached hydrogens (tertiary/aromatic N) is 3. The van der Waals surface area contributed by atoms with E-state index in [4.69, 9.17) is 5.73 Å². The molecule has 0 saturated heterocycles. The molecule has 2 heterocycles. The van der Waals surface area contributed by atoms with E-state index in [1.54, 1.807) is 28.4 Å². The molecule has 0 aliphatic carbocycles. The largest absolute Gasteiger partial charge is 0.397 e. The molecule has 0 aromatic carbocycles. The van der Waals surface area contributed by atoms with Crippen LogP contribution in [0.25, 0.3) is 11.2 Å². The number of rotatable bonds is 0. The van der Waals surface area contributed by atoms with Gasteiger partial charge in [-0.1, -0.05) is 0 Å². The molecule has 0 atom stereocenters. The van der Waals surface area contributed by atoms with Crippen molar-refractivity contribution in [3.8, 4) is 0 Å². The molecule has 0 saturated carbocycles. The van der Waals surface area contributed by atoms with Gasteiger partial charge >= 0.3 is 5.69 Å². The molecule has 86 valence electrons. The molecule has 5 nitrogen and oxygen atoms in total. The maximum absolute atomic E-state index is 12.1. The van der Waals surface area contributed by atoms with Crippen molar-refractivity contribution in [2.75, 3.05) is 5.73 Å². The van der Waals surface area contributed by atoms with E-state index >= 15 is 0 Å². The molecule has 0 aliphatic rings. The van der Waals surface area contributed by atoms with Crippen LogP contribution in [0.3, 0.4) is 0 Å². The van der Waals surface area contributed by atoms with Crippen LogP contribution < -0.4 is 11.4 Å². The number of imidazole rings is 1. The Balaban J connectivity index is 3.02. The fourth-order valence-electron chi connectivity index (χ4n) is 1.91. The van der Waals surface area contributed by atoms with Crippen molar-refractivity contribution in [2.45, 2.75) is 26.3 Å². The maximum atomic E-state index is 12.1. The molecule has 2 rings (SSSR count). The standard InChI is InChI=1S/C11H16N4O/c1-11(2,3)15-9-8(14(4)10(15)16)7(12)5-6-13-9/h5-6H,1-4H3,(H2,12,13). The van der Waals surface area contributed by atoms with Crippen molar-refractivity contribution in [3.05, 3.63) is 22.7 Å². The minimum atomic E-state index is -0.308. The Morgan fingerprint density at radius 1 is 1.38 bits per heavy atom. The Hall–Kier alpha value is -1.78. The normalized spacial score (nSPS) is 12.2. The smallest absolute Gasteiger partial charge is 0.330 e. The molecule has 2 aromatic rings. The molecule has 16 heavy (non-hydrogen) atoms. The summed E-state index contributed by atoms with van der Waals surface area (Å²) < 4.78 is 3.21. The van der Waals surface area contributed by atoms with Gasteiger partial charge in [0, 0.05) is 18.8 Å². The predicted octanol–water partition coefficient (Wildman–Crippen LogP) is 1.07. The third-order valence-electron chi connectivity index (χ3n) is 2.63. The number of anilines is 1. The number of hydrogen-bond donors (Lipinski definition) is 1. The van der Waals surface area contributed by atoms with Crippen LogP contribution in [0.1, 0.15) is 20.8 Å².